The smallest absolute Gasteiger partial charge is 0.410 e. The van der Waals surface area contributed by atoms with Crippen molar-refractivity contribution in [3.05, 3.63) is 17.5 Å². The van der Waals surface area contributed by atoms with Crippen LogP contribution in [0, 0.1) is 12.8 Å². The van der Waals surface area contributed by atoms with Crippen molar-refractivity contribution < 1.29 is 9.53 Å². The number of piperidine rings is 1. The maximum absolute atomic E-state index is 12.9. The zero-order valence-corrected chi connectivity index (χ0v) is 23.4. The van der Waals surface area contributed by atoms with Gasteiger partial charge in [-0.1, -0.05) is 0 Å². The molecule has 1 aliphatic carbocycles. The molecule has 1 aromatic heterocycles. The summed E-state index contributed by atoms with van der Waals surface area (Å²) in [7, 11) is 0. The first-order valence-electron chi connectivity index (χ1n) is 12.3. The van der Waals surface area contributed by atoms with E-state index in [0.29, 0.717) is 5.92 Å². The average Bonchev–Trinajstić information content (AvgIpc) is 3.47. The number of aromatic nitrogens is 2. The van der Waals surface area contributed by atoms with Crippen molar-refractivity contribution in [3.63, 3.8) is 0 Å². The SMILES string of the molecule is CCNC(=NCCCc1cn[nH]c1C)N1CCC(N(CC2CC2)C(=O)OC(C)(C)C)CC1.I. The number of aryl methyl sites for hydroxylation is 2. The number of carbonyl (C=O) groups excluding carboxylic acids is 1. The lowest BCUT2D eigenvalue weighted by atomic mass is 10.0. The first kappa shape index (κ1) is 27.7. The van der Waals surface area contributed by atoms with Gasteiger partial charge >= 0.3 is 6.09 Å². The van der Waals surface area contributed by atoms with Crippen LogP contribution >= 0.6 is 24.0 Å². The molecule has 0 bridgehead atoms. The lowest BCUT2D eigenvalue weighted by molar-refractivity contribution is 0.00928. The summed E-state index contributed by atoms with van der Waals surface area (Å²) in [6, 6.07) is 0.244. The lowest BCUT2D eigenvalue weighted by Gasteiger charge is -2.40. The monoisotopic (exact) mass is 574 g/mol. The van der Waals surface area contributed by atoms with Gasteiger partial charge in [0.25, 0.3) is 0 Å². The van der Waals surface area contributed by atoms with Crippen LogP contribution in [0.5, 0.6) is 0 Å². The first-order chi connectivity index (χ1) is 15.3. The van der Waals surface area contributed by atoms with Crippen molar-refractivity contribution in [2.75, 3.05) is 32.7 Å². The number of aliphatic imine (C=N–C) groups is 1. The van der Waals surface area contributed by atoms with Crippen LogP contribution in [-0.4, -0.2) is 76.4 Å². The highest BCUT2D eigenvalue weighted by molar-refractivity contribution is 14.0. The van der Waals surface area contributed by atoms with Gasteiger partial charge < -0.3 is 19.9 Å². The van der Waals surface area contributed by atoms with Gasteiger partial charge in [-0.15, -0.1) is 24.0 Å². The largest absolute Gasteiger partial charge is 0.444 e. The fraction of sp³-hybridized carbons (Fsp3) is 0.792. The predicted octanol–water partition coefficient (Wildman–Crippen LogP) is 4.35. The van der Waals surface area contributed by atoms with Gasteiger partial charge in [-0.05, 0) is 84.6 Å². The van der Waals surface area contributed by atoms with Crippen molar-refractivity contribution in [1.29, 1.82) is 0 Å². The van der Waals surface area contributed by atoms with Crippen molar-refractivity contribution >= 4 is 36.0 Å². The Morgan fingerprint density at radius 3 is 2.55 bits per heavy atom. The minimum Gasteiger partial charge on any atom is -0.444 e. The third kappa shape index (κ3) is 8.98. The van der Waals surface area contributed by atoms with Crippen LogP contribution in [0.3, 0.4) is 0 Å². The number of aromatic amines is 1. The minimum atomic E-state index is -0.459. The van der Waals surface area contributed by atoms with E-state index in [1.54, 1.807) is 0 Å². The number of hydrogen-bond acceptors (Lipinski definition) is 4. The van der Waals surface area contributed by atoms with E-state index in [1.165, 1.54) is 18.4 Å². The van der Waals surface area contributed by atoms with Crippen molar-refractivity contribution in [1.82, 2.24) is 25.3 Å². The summed E-state index contributed by atoms with van der Waals surface area (Å²) < 4.78 is 5.73. The number of nitrogens with zero attached hydrogens (tertiary/aromatic N) is 4. The quantitative estimate of drug-likeness (QED) is 0.209. The third-order valence-corrected chi connectivity index (χ3v) is 6.12. The summed E-state index contributed by atoms with van der Waals surface area (Å²) >= 11 is 0. The second-order valence-corrected chi connectivity index (χ2v) is 10.2. The van der Waals surface area contributed by atoms with Gasteiger partial charge in [0.2, 0.25) is 0 Å². The lowest BCUT2D eigenvalue weighted by Crippen LogP contribution is -2.52. The highest BCUT2D eigenvalue weighted by Gasteiger charge is 2.35. The number of halogens is 1. The summed E-state index contributed by atoms with van der Waals surface area (Å²) in [5.74, 6) is 1.64. The molecule has 9 heteroatoms. The van der Waals surface area contributed by atoms with Gasteiger partial charge in [-0.3, -0.25) is 10.1 Å². The number of carbonyl (C=O) groups is 1. The summed E-state index contributed by atoms with van der Waals surface area (Å²) in [5, 5.41) is 10.5. The number of nitrogens with one attached hydrogen (secondary N) is 2. The van der Waals surface area contributed by atoms with Crippen molar-refractivity contribution in [2.45, 2.75) is 84.8 Å². The molecule has 0 unspecified atom stereocenters. The molecule has 0 atom stereocenters. The van der Waals surface area contributed by atoms with Crippen LogP contribution < -0.4 is 5.32 Å². The molecule has 0 spiro atoms. The first-order valence-corrected chi connectivity index (χ1v) is 12.3. The van der Waals surface area contributed by atoms with Gasteiger partial charge in [0.15, 0.2) is 5.96 Å². The number of amides is 1. The van der Waals surface area contributed by atoms with Gasteiger partial charge in [-0.2, -0.15) is 5.10 Å². The Bertz CT molecular complexity index is 763. The second kappa shape index (κ2) is 12.8. The van der Waals surface area contributed by atoms with E-state index in [4.69, 9.17) is 9.73 Å². The number of rotatable bonds is 8. The average molecular weight is 575 g/mol. The molecule has 8 nitrogen and oxygen atoms in total. The van der Waals surface area contributed by atoms with Crippen LogP contribution in [0.4, 0.5) is 4.79 Å². The molecule has 1 aliphatic heterocycles. The molecule has 3 rings (SSSR count). The molecular weight excluding hydrogens is 531 g/mol. The van der Waals surface area contributed by atoms with Gasteiger partial charge in [0, 0.05) is 44.5 Å². The van der Waals surface area contributed by atoms with E-state index in [9.17, 15) is 4.79 Å². The Kier molecular flexibility index (Phi) is 10.8. The normalized spacial score (nSPS) is 17.5. The van der Waals surface area contributed by atoms with Crippen LogP contribution in [0.1, 0.15) is 71.1 Å². The molecule has 0 aromatic carbocycles. The van der Waals surface area contributed by atoms with Gasteiger partial charge in [-0.25, -0.2) is 4.79 Å². The number of ether oxygens (including phenoxy) is 1. The van der Waals surface area contributed by atoms with E-state index in [1.807, 2.05) is 31.9 Å². The molecule has 188 valence electrons. The van der Waals surface area contributed by atoms with E-state index >= 15 is 0 Å². The molecule has 1 saturated carbocycles. The topological polar surface area (TPSA) is 85.9 Å². The number of likely N-dealkylation sites (tertiary alicyclic amines) is 1. The van der Waals surface area contributed by atoms with Gasteiger partial charge in [0.1, 0.15) is 5.60 Å². The fourth-order valence-electron chi connectivity index (χ4n) is 4.17. The fourth-order valence-corrected chi connectivity index (χ4v) is 4.17. The molecule has 1 aromatic rings. The van der Waals surface area contributed by atoms with Crippen LogP contribution in [0.25, 0.3) is 0 Å². The predicted molar refractivity (Wildman–Crippen MR) is 143 cm³/mol. The second-order valence-electron chi connectivity index (χ2n) is 10.2. The molecule has 2 N–H and O–H groups in total. The summed E-state index contributed by atoms with van der Waals surface area (Å²) in [5.41, 5.74) is 1.95. The maximum Gasteiger partial charge on any atom is 0.410 e. The number of hydrogen-bond donors (Lipinski definition) is 2. The Morgan fingerprint density at radius 1 is 1.30 bits per heavy atom. The number of H-pyrrole nitrogens is 1. The summed E-state index contributed by atoms with van der Waals surface area (Å²) in [6.45, 7) is 14.3. The Morgan fingerprint density at radius 2 is 2.00 bits per heavy atom. The minimum absolute atomic E-state index is 0. The van der Waals surface area contributed by atoms with Gasteiger partial charge in [0.05, 0.1) is 6.20 Å². The van der Waals surface area contributed by atoms with E-state index in [-0.39, 0.29) is 36.1 Å². The third-order valence-electron chi connectivity index (χ3n) is 6.12. The molecule has 2 fully saturated rings. The molecule has 2 aliphatic rings. The molecule has 33 heavy (non-hydrogen) atoms. The standard InChI is InChI=1S/C24H42N6O2.HI/c1-6-25-22(26-13-7-8-20-16-27-28-18(20)2)29-14-11-21(12-15-29)30(17-19-9-10-19)23(31)32-24(3,4)5;/h16,19,21H,6-15,17H2,1-5H3,(H,25,26)(H,27,28);1H. The maximum atomic E-state index is 12.9. The molecule has 2 heterocycles. The Hall–Kier alpha value is -1.52. The van der Waals surface area contributed by atoms with Crippen LogP contribution in [0.15, 0.2) is 11.2 Å². The van der Waals surface area contributed by atoms with E-state index < -0.39 is 5.60 Å². The number of guanidine groups is 1. The van der Waals surface area contributed by atoms with Crippen molar-refractivity contribution in [2.24, 2.45) is 10.9 Å². The Labute approximate surface area is 216 Å². The van der Waals surface area contributed by atoms with Crippen LogP contribution in [-0.2, 0) is 11.2 Å². The summed E-state index contributed by atoms with van der Waals surface area (Å²) in [6.07, 6.45) is 8.10. The van der Waals surface area contributed by atoms with Crippen molar-refractivity contribution in [3.8, 4) is 0 Å². The highest BCUT2D eigenvalue weighted by atomic mass is 127. The highest BCUT2D eigenvalue weighted by Crippen LogP contribution is 2.32. The molecule has 0 radical (unpaired) electrons. The van der Waals surface area contributed by atoms with E-state index in [0.717, 1.165) is 70.1 Å². The zero-order chi connectivity index (χ0) is 23.1. The zero-order valence-electron chi connectivity index (χ0n) is 21.0. The van der Waals surface area contributed by atoms with Crippen LogP contribution in [0.2, 0.25) is 0 Å². The molecular formula is C24H43IN6O2. The summed E-state index contributed by atoms with van der Waals surface area (Å²) in [4.78, 5) is 22.1. The molecule has 1 amide bonds. The van der Waals surface area contributed by atoms with E-state index in [2.05, 4.69) is 34.3 Å². The Balaban J connectivity index is 0.00000385. The molecule has 1 saturated heterocycles.